The van der Waals surface area contributed by atoms with E-state index in [-0.39, 0.29) is 142 Å². The van der Waals surface area contributed by atoms with Gasteiger partial charge in [-0.2, -0.15) is 59.8 Å². The van der Waals surface area contributed by atoms with E-state index in [1.54, 1.807) is 48.6 Å². The van der Waals surface area contributed by atoms with Gasteiger partial charge in [-0.15, -0.1) is 0 Å². The van der Waals surface area contributed by atoms with Crippen LogP contribution in [0.1, 0.15) is 24.0 Å². The molecule has 0 radical (unpaired) electrons. The van der Waals surface area contributed by atoms with Gasteiger partial charge in [-0.3, -0.25) is 0 Å². The molecule has 12 N–H and O–H groups in total. The fourth-order valence-corrected chi connectivity index (χ4v) is 14.0. The summed E-state index contributed by atoms with van der Waals surface area (Å²) in [5, 5.41) is 38.8. The minimum atomic E-state index is -5.04. The molecular formula is C88H74N24Na2O6S2. The number of nitrogens with zero attached hydrogens (tertiary/aromatic N) is 12. The van der Waals surface area contributed by atoms with Crippen LogP contribution in [0.5, 0.6) is 0 Å². The third-order valence-corrected chi connectivity index (χ3v) is 19.8. The van der Waals surface area contributed by atoms with Crippen LogP contribution in [0.25, 0.3) is 12.2 Å². The minimum Gasteiger partial charge on any atom is -0.744 e. The summed E-state index contributed by atoms with van der Waals surface area (Å²) in [5.74, 6) is 1.48. The maximum Gasteiger partial charge on any atom is 1.00 e. The van der Waals surface area contributed by atoms with Gasteiger partial charge in [-0.1, -0.05) is 243 Å². The Hall–Kier alpha value is -13.9. The van der Waals surface area contributed by atoms with Crippen molar-refractivity contribution in [3.05, 3.63) is 372 Å². The van der Waals surface area contributed by atoms with Crippen molar-refractivity contribution in [3.63, 3.8) is 0 Å². The molecule has 10 aromatic carbocycles. The molecule has 4 heterocycles. The maximum absolute atomic E-state index is 13.2. The van der Waals surface area contributed by atoms with E-state index in [0.717, 1.165) is 11.1 Å². The normalized spacial score (nSPS) is 13.2. The SMILES string of the molecule is O=S(=O)([O-])C1=C(C=Cc2ccccc2)C=CC(Nc2nc(Nc3ccccc3)nc(Nc3ccccc3)n2)(Nc2nc(Nc3ccccc3)nc(Nc3ccccc3)n2)C1.O=S(=O)([O-])C1=C(C=Cc2ccccc2)C=CC(Nc2nc(Nc3ccccc3)nc(Nc3ccccc3)n2)(Nc2nc(Nc3ccccc3)nc(Nc3ccccc3)n2)C1.[Na+].[Na+]. The first-order valence-corrected chi connectivity index (χ1v) is 40.3. The average Bonchev–Trinajstić information content (AvgIpc) is 0.770. The minimum absolute atomic E-state index is 0. The van der Waals surface area contributed by atoms with E-state index in [1.807, 2.05) is 303 Å². The first-order valence-electron chi connectivity index (χ1n) is 37.4. The van der Waals surface area contributed by atoms with Crippen molar-refractivity contribution in [2.75, 3.05) is 63.8 Å². The number of allylic oxidation sites excluding steroid dienone is 6. The average molecular weight is 1670 g/mol. The Balaban J connectivity index is 0.000000207. The number of para-hydroxylation sites is 8. The Morgan fingerprint density at radius 2 is 0.402 bits per heavy atom. The van der Waals surface area contributed by atoms with Gasteiger partial charge < -0.3 is 72.9 Å². The zero-order chi connectivity index (χ0) is 82.4. The Bertz CT molecular complexity index is 5420. The number of benzene rings is 10. The summed E-state index contributed by atoms with van der Waals surface area (Å²) in [5.41, 5.74) is 4.50. The van der Waals surface area contributed by atoms with Crippen molar-refractivity contribution < 1.29 is 85.1 Å². The number of anilines is 20. The second-order valence-corrected chi connectivity index (χ2v) is 29.6. The molecule has 34 heteroatoms. The van der Waals surface area contributed by atoms with Crippen molar-refractivity contribution in [3.8, 4) is 0 Å². The molecule has 0 bridgehead atoms. The molecule has 14 aromatic rings. The predicted octanol–water partition coefficient (Wildman–Crippen LogP) is 11.5. The summed E-state index contributed by atoms with van der Waals surface area (Å²) >= 11 is 0. The molecule has 2 aliphatic carbocycles. The third-order valence-electron chi connectivity index (χ3n) is 17.9. The van der Waals surface area contributed by atoms with Crippen molar-refractivity contribution >= 4 is 149 Å². The summed E-state index contributed by atoms with van der Waals surface area (Å²) in [7, 11) is -10.1. The maximum atomic E-state index is 13.2. The summed E-state index contributed by atoms with van der Waals surface area (Å²) in [6, 6.07) is 93.5. The van der Waals surface area contributed by atoms with Crippen molar-refractivity contribution in [2.45, 2.75) is 24.2 Å². The molecule has 2 aliphatic rings. The van der Waals surface area contributed by atoms with Gasteiger partial charge in [0.25, 0.3) is 0 Å². The van der Waals surface area contributed by atoms with Crippen LogP contribution in [0.4, 0.5) is 117 Å². The van der Waals surface area contributed by atoms with Gasteiger partial charge in [0.2, 0.25) is 71.4 Å². The van der Waals surface area contributed by atoms with E-state index in [1.165, 1.54) is 0 Å². The summed E-state index contributed by atoms with van der Waals surface area (Å²) in [6.45, 7) is 0. The van der Waals surface area contributed by atoms with Gasteiger partial charge >= 0.3 is 59.1 Å². The zero-order valence-corrected chi connectivity index (χ0v) is 71.2. The fraction of sp³-hybridized carbons (Fsp3) is 0.0455. The molecule has 0 fully saturated rings. The first-order chi connectivity index (χ1) is 58.5. The Labute approximate surface area is 747 Å². The standard InChI is InChI=1S/2C44H38N12O3S.2Na/c2*57-60(58,59)37-30-44(29-28-32(37)27-26-31-16-6-1-7-17-31,55-42-51-38(45-33-18-8-2-9-19-33)49-39(52-42)46-34-20-10-3-11-21-34)56-43-53-40(47-35-22-12-4-13-23-35)50-41(54-43)48-36-24-14-5-15-25-36;;/h2*1-29H,30H2,(H,57,58,59)(H3,45,46,49,51,52,55)(H3,47,48,50,53,54,56);;/q;;2*+1/p-2. The molecular weight excluding hydrogens is 1600 g/mol. The van der Waals surface area contributed by atoms with Gasteiger partial charge in [0.1, 0.15) is 31.6 Å². The van der Waals surface area contributed by atoms with E-state index in [4.69, 9.17) is 0 Å². The van der Waals surface area contributed by atoms with Gasteiger partial charge in [0, 0.05) is 68.2 Å². The van der Waals surface area contributed by atoms with Crippen LogP contribution in [0.3, 0.4) is 0 Å². The molecule has 122 heavy (non-hydrogen) atoms. The molecule has 0 spiro atoms. The molecule has 596 valence electrons. The Morgan fingerprint density at radius 3 is 0.574 bits per heavy atom. The number of nitrogens with one attached hydrogen (secondary N) is 12. The number of aromatic nitrogens is 12. The Kier molecular flexibility index (Phi) is 28.7. The summed E-state index contributed by atoms with van der Waals surface area (Å²) < 4.78 is 79.0. The number of rotatable bonds is 30. The Morgan fingerprint density at radius 1 is 0.238 bits per heavy atom. The van der Waals surface area contributed by atoms with Gasteiger partial charge in [-0.25, -0.2) is 16.8 Å². The van der Waals surface area contributed by atoms with Crippen molar-refractivity contribution in [1.82, 2.24) is 59.8 Å². The molecule has 0 unspecified atom stereocenters. The molecule has 0 saturated heterocycles. The molecule has 30 nitrogen and oxygen atoms in total. The largest absolute Gasteiger partial charge is 1.00 e. The van der Waals surface area contributed by atoms with E-state index >= 15 is 0 Å². The van der Waals surface area contributed by atoms with Crippen LogP contribution in [0.2, 0.25) is 0 Å². The first kappa shape index (κ1) is 86.0. The zero-order valence-electron chi connectivity index (χ0n) is 65.5. The molecule has 0 atom stereocenters. The number of hydrogen-bond donors (Lipinski definition) is 12. The van der Waals surface area contributed by atoms with Crippen LogP contribution in [0.15, 0.2) is 361 Å². The van der Waals surface area contributed by atoms with Crippen LogP contribution >= 0.6 is 0 Å². The third kappa shape index (κ3) is 24.6. The van der Waals surface area contributed by atoms with E-state index < -0.39 is 54.2 Å². The van der Waals surface area contributed by atoms with Gasteiger partial charge in [-0.05, 0) is 131 Å². The topological polar surface area (TPSA) is 413 Å². The van der Waals surface area contributed by atoms with Crippen molar-refractivity contribution in [2.24, 2.45) is 0 Å². The molecule has 0 aliphatic heterocycles. The molecule has 16 rings (SSSR count). The van der Waals surface area contributed by atoms with Crippen LogP contribution in [-0.4, -0.2) is 97.1 Å². The second-order valence-electron chi connectivity index (χ2n) is 26.8. The van der Waals surface area contributed by atoms with E-state index in [2.05, 4.69) is 124 Å². The smallest absolute Gasteiger partial charge is 0.744 e. The van der Waals surface area contributed by atoms with Gasteiger partial charge in [0.15, 0.2) is 0 Å². The summed E-state index contributed by atoms with van der Waals surface area (Å²) in [6.07, 6.45) is 12.3. The monoisotopic (exact) mass is 1670 g/mol. The molecule has 4 aromatic heterocycles. The van der Waals surface area contributed by atoms with Gasteiger partial charge in [0.05, 0.1) is 0 Å². The van der Waals surface area contributed by atoms with Crippen LogP contribution in [-0.2, 0) is 20.2 Å². The molecule has 0 amide bonds. The van der Waals surface area contributed by atoms with E-state index in [9.17, 15) is 25.9 Å². The quantitative estimate of drug-likeness (QED) is 0.0113. The second kappa shape index (κ2) is 40.7. The fourth-order valence-electron chi connectivity index (χ4n) is 12.3. The van der Waals surface area contributed by atoms with Crippen molar-refractivity contribution in [1.29, 1.82) is 0 Å². The molecule has 0 saturated carbocycles. The summed E-state index contributed by atoms with van der Waals surface area (Å²) in [4.78, 5) is 55.1. The van der Waals surface area contributed by atoms with E-state index in [0.29, 0.717) is 45.5 Å². The number of hydrogen-bond acceptors (Lipinski definition) is 30. The van der Waals surface area contributed by atoms with Crippen LogP contribution < -0.4 is 123 Å². The predicted molar refractivity (Wildman–Crippen MR) is 469 cm³/mol. The van der Waals surface area contributed by atoms with Crippen LogP contribution in [0, 0.1) is 0 Å².